The lowest BCUT2D eigenvalue weighted by molar-refractivity contribution is 0.00658. The number of nitrogens with zero attached hydrogens (tertiary/aromatic N) is 3. The maximum absolute atomic E-state index is 12.1. The second-order valence-electron chi connectivity index (χ2n) is 6.42. The highest BCUT2D eigenvalue weighted by atomic mass is 35.5. The van der Waals surface area contributed by atoms with Gasteiger partial charge in [0, 0.05) is 12.2 Å². The highest BCUT2D eigenvalue weighted by Gasteiger charge is 2.29. The first-order chi connectivity index (χ1) is 10.2. The molecule has 6 nitrogen and oxygen atoms in total. The maximum atomic E-state index is 12.1. The minimum absolute atomic E-state index is 0.154. The number of aromatic nitrogens is 2. The van der Waals surface area contributed by atoms with Crippen LogP contribution in [0.25, 0.3) is 0 Å². The largest absolute Gasteiger partial charge is 0.458 e. The van der Waals surface area contributed by atoms with Crippen LogP contribution in [0.15, 0.2) is 6.07 Å². The molecule has 1 aliphatic rings. The number of aryl methyl sites for hydroxylation is 1. The van der Waals surface area contributed by atoms with Crippen LogP contribution in [0, 0.1) is 6.92 Å². The van der Waals surface area contributed by atoms with Crippen LogP contribution in [0.1, 0.15) is 39.3 Å². The zero-order valence-electron chi connectivity index (χ0n) is 13.4. The van der Waals surface area contributed by atoms with E-state index in [1.165, 1.54) is 0 Å². The quantitative estimate of drug-likeness (QED) is 0.780. The third kappa shape index (κ3) is 5.02. The van der Waals surface area contributed by atoms with Gasteiger partial charge in [0.05, 0.1) is 6.54 Å². The first-order valence-electron chi connectivity index (χ1n) is 7.39. The van der Waals surface area contributed by atoms with Crippen molar-refractivity contribution >= 4 is 17.7 Å². The summed E-state index contributed by atoms with van der Waals surface area (Å²) in [6.45, 7) is 8.52. The maximum Gasteiger partial charge on any atom is 0.410 e. The predicted octanol–water partition coefficient (Wildman–Crippen LogP) is 3.22. The summed E-state index contributed by atoms with van der Waals surface area (Å²) < 4.78 is 11.2. The molecule has 7 heteroatoms. The molecule has 0 bridgehead atoms. The molecule has 122 valence electrons. The number of halogens is 1. The normalized spacial score (nSPS) is 19.0. The molecule has 0 aliphatic carbocycles. The number of amides is 1. The monoisotopic (exact) mass is 327 g/mol. The van der Waals surface area contributed by atoms with E-state index in [1.54, 1.807) is 11.0 Å². The van der Waals surface area contributed by atoms with Crippen molar-refractivity contribution in [3.63, 3.8) is 0 Å². The molecule has 2 heterocycles. The molecular formula is C15H22ClN3O3. The van der Waals surface area contributed by atoms with Gasteiger partial charge in [0.15, 0.2) is 0 Å². The number of ether oxygens (including phenoxy) is 2. The second kappa shape index (κ2) is 6.69. The van der Waals surface area contributed by atoms with Crippen LogP contribution in [0.5, 0.6) is 6.01 Å². The lowest BCUT2D eigenvalue weighted by atomic mass is 10.1. The van der Waals surface area contributed by atoms with E-state index in [0.717, 1.165) is 18.5 Å². The van der Waals surface area contributed by atoms with Crippen LogP contribution in [0.3, 0.4) is 0 Å². The minimum Gasteiger partial charge on any atom is -0.458 e. The molecule has 0 saturated carbocycles. The molecule has 1 fully saturated rings. The van der Waals surface area contributed by atoms with Gasteiger partial charge in [-0.3, -0.25) is 0 Å². The van der Waals surface area contributed by atoms with Crippen LogP contribution in [-0.2, 0) is 4.74 Å². The molecular weight excluding hydrogens is 306 g/mol. The molecule has 1 aromatic rings. The summed E-state index contributed by atoms with van der Waals surface area (Å²) in [6, 6.07) is 1.92. The van der Waals surface area contributed by atoms with Crippen molar-refractivity contribution in [3.05, 3.63) is 16.9 Å². The van der Waals surface area contributed by atoms with E-state index in [0.29, 0.717) is 18.2 Å². The topological polar surface area (TPSA) is 64.5 Å². The third-order valence-electron chi connectivity index (χ3n) is 3.10. The Bertz CT molecular complexity index is 525. The Hall–Kier alpha value is -1.56. The summed E-state index contributed by atoms with van der Waals surface area (Å²) in [7, 11) is 0. The predicted molar refractivity (Wildman–Crippen MR) is 83.2 cm³/mol. The number of carbonyl (C=O) groups is 1. The number of carbonyl (C=O) groups excluding carboxylic acids is 1. The second-order valence-corrected chi connectivity index (χ2v) is 6.81. The first kappa shape index (κ1) is 16.8. The van der Waals surface area contributed by atoms with Gasteiger partial charge in [0.2, 0.25) is 0 Å². The van der Waals surface area contributed by atoms with Gasteiger partial charge in [-0.05, 0) is 46.6 Å². The third-order valence-corrected chi connectivity index (χ3v) is 3.30. The highest BCUT2D eigenvalue weighted by molar-refractivity contribution is 6.29. The Balaban J connectivity index is 1.97. The number of rotatable bonds is 2. The summed E-state index contributed by atoms with van der Waals surface area (Å²) in [6.07, 6.45) is 1.22. The van der Waals surface area contributed by atoms with E-state index < -0.39 is 5.60 Å². The van der Waals surface area contributed by atoms with Gasteiger partial charge < -0.3 is 14.4 Å². The van der Waals surface area contributed by atoms with Crippen molar-refractivity contribution in [2.75, 3.05) is 13.1 Å². The summed E-state index contributed by atoms with van der Waals surface area (Å²) in [4.78, 5) is 22.0. The van der Waals surface area contributed by atoms with Gasteiger partial charge in [-0.1, -0.05) is 11.6 Å². The Labute approximate surface area is 135 Å². The van der Waals surface area contributed by atoms with Crippen LogP contribution in [-0.4, -0.2) is 45.8 Å². The van der Waals surface area contributed by atoms with E-state index in [2.05, 4.69) is 9.97 Å². The van der Waals surface area contributed by atoms with E-state index >= 15 is 0 Å². The van der Waals surface area contributed by atoms with Crippen molar-refractivity contribution in [3.8, 4) is 6.01 Å². The fourth-order valence-corrected chi connectivity index (χ4v) is 2.46. The molecule has 0 aromatic carbocycles. The van der Waals surface area contributed by atoms with E-state index in [1.807, 2.05) is 27.7 Å². The Morgan fingerprint density at radius 1 is 1.41 bits per heavy atom. The fraction of sp³-hybridized carbons (Fsp3) is 0.667. The lowest BCUT2D eigenvalue weighted by Crippen LogP contribution is -2.46. The lowest BCUT2D eigenvalue weighted by Gasteiger charge is -2.33. The van der Waals surface area contributed by atoms with Crippen molar-refractivity contribution in [2.45, 2.75) is 52.2 Å². The van der Waals surface area contributed by atoms with Crippen molar-refractivity contribution in [2.24, 2.45) is 0 Å². The summed E-state index contributed by atoms with van der Waals surface area (Å²) in [5, 5.41) is 0.349. The average molecular weight is 328 g/mol. The van der Waals surface area contributed by atoms with E-state index in [9.17, 15) is 4.79 Å². The van der Waals surface area contributed by atoms with Gasteiger partial charge in [0.25, 0.3) is 0 Å². The van der Waals surface area contributed by atoms with Crippen LogP contribution < -0.4 is 4.74 Å². The Kier molecular flexibility index (Phi) is 5.11. The summed E-state index contributed by atoms with van der Waals surface area (Å²) >= 11 is 5.90. The smallest absolute Gasteiger partial charge is 0.410 e. The number of likely N-dealkylation sites (tertiary alicyclic amines) is 1. The van der Waals surface area contributed by atoms with Crippen molar-refractivity contribution in [1.82, 2.24) is 14.9 Å². The summed E-state index contributed by atoms with van der Waals surface area (Å²) in [5.41, 5.74) is 0.243. The Morgan fingerprint density at radius 3 is 2.77 bits per heavy atom. The number of hydrogen-bond donors (Lipinski definition) is 0. The van der Waals surface area contributed by atoms with Crippen LogP contribution in [0.4, 0.5) is 4.79 Å². The number of piperidine rings is 1. The molecule has 0 spiro atoms. The van der Waals surface area contributed by atoms with Crippen molar-refractivity contribution in [1.29, 1.82) is 0 Å². The summed E-state index contributed by atoms with van der Waals surface area (Å²) in [5.74, 6) is 0. The average Bonchev–Trinajstić information content (AvgIpc) is 2.35. The van der Waals surface area contributed by atoms with Gasteiger partial charge in [-0.2, -0.15) is 4.98 Å². The molecule has 2 rings (SSSR count). The Morgan fingerprint density at radius 2 is 2.14 bits per heavy atom. The molecule has 1 amide bonds. The minimum atomic E-state index is -0.502. The SMILES string of the molecule is Cc1cc(Cl)nc(O[C@H]2CCCN(C(=O)OC(C)(C)C)C2)n1. The molecule has 22 heavy (non-hydrogen) atoms. The zero-order valence-corrected chi connectivity index (χ0v) is 14.2. The van der Waals surface area contributed by atoms with Gasteiger partial charge >= 0.3 is 12.1 Å². The van der Waals surface area contributed by atoms with Gasteiger partial charge in [-0.15, -0.1) is 0 Å². The molecule has 1 aromatic heterocycles. The fourth-order valence-electron chi connectivity index (χ4n) is 2.23. The van der Waals surface area contributed by atoms with Gasteiger partial charge in [0.1, 0.15) is 16.9 Å². The van der Waals surface area contributed by atoms with E-state index in [4.69, 9.17) is 21.1 Å². The molecule has 1 aliphatic heterocycles. The highest BCUT2D eigenvalue weighted by Crippen LogP contribution is 2.19. The molecule has 1 atom stereocenters. The van der Waals surface area contributed by atoms with E-state index in [-0.39, 0.29) is 18.2 Å². The molecule has 1 saturated heterocycles. The van der Waals surface area contributed by atoms with Crippen LogP contribution in [0.2, 0.25) is 5.15 Å². The molecule has 0 N–H and O–H groups in total. The molecule has 0 unspecified atom stereocenters. The standard InChI is InChI=1S/C15H22ClN3O3/c1-10-8-12(16)18-13(17-10)21-11-6-5-7-19(9-11)14(20)22-15(2,3)4/h8,11H,5-7,9H2,1-4H3/t11-/m0/s1. The van der Waals surface area contributed by atoms with Crippen LogP contribution >= 0.6 is 11.6 Å². The first-order valence-corrected chi connectivity index (χ1v) is 7.76. The zero-order chi connectivity index (χ0) is 16.3. The number of hydrogen-bond acceptors (Lipinski definition) is 5. The molecule has 0 radical (unpaired) electrons. The van der Waals surface area contributed by atoms with Gasteiger partial charge in [-0.25, -0.2) is 9.78 Å². The van der Waals surface area contributed by atoms with Crippen molar-refractivity contribution < 1.29 is 14.3 Å².